The topological polar surface area (TPSA) is 40.7 Å². The first kappa shape index (κ1) is 11.8. The molecule has 0 spiro atoms. The smallest absolute Gasteiger partial charge is 0.165 e. The van der Waals surface area contributed by atoms with E-state index in [1.165, 1.54) is 17.5 Å². The molecule has 1 aliphatic rings. The van der Waals surface area contributed by atoms with Gasteiger partial charge in [-0.1, -0.05) is 36.0 Å². The quantitative estimate of drug-likeness (QED) is 0.890. The fourth-order valence-corrected chi connectivity index (χ4v) is 3.86. The molecule has 0 saturated heterocycles. The highest BCUT2D eigenvalue weighted by molar-refractivity contribution is 7.99. The number of H-pyrrole nitrogens is 1. The van der Waals surface area contributed by atoms with Crippen LogP contribution in [0.5, 0.6) is 0 Å². The molecule has 3 rings (SSSR count). The van der Waals surface area contributed by atoms with Crippen LogP contribution in [0.1, 0.15) is 23.6 Å². The summed E-state index contributed by atoms with van der Waals surface area (Å²) in [5.74, 6) is 0. The molecule has 2 aromatic rings. The number of aromatic amines is 1. The average Bonchev–Trinajstić information content (AvgIpc) is 2.91. The van der Waals surface area contributed by atoms with E-state index in [2.05, 4.69) is 39.6 Å². The lowest BCUT2D eigenvalue weighted by Crippen LogP contribution is -2.32. The molecule has 0 aliphatic heterocycles. The Balaban J connectivity index is 1.85. The highest BCUT2D eigenvalue weighted by Gasteiger charge is 2.29. The number of hydrogen-bond acceptors (Lipinski definition) is 3. The summed E-state index contributed by atoms with van der Waals surface area (Å²) in [4.78, 5) is 7.49. The number of benzene rings is 1. The highest BCUT2D eigenvalue weighted by atomic mass is 32.2. The molecule has 2 N–H and O–H groups in total. The Hall–Kier alpha value is -1.26. The Morgan fingerprint density at radius 1 is 1.39 bits per heavy atom. The van der Waals surface area contributed by atoms with Crippen LogP contribution in [0, 0.1) is 0 Å². The minimum Gasteiger partial charge on any atom is -0.340 e. The molecule has 3 nitrogen and oxygen atoms in total. The zero-order valence-electron chi connectivity index (χ0n) is 10.4. The van der Waals surface area contributed by atoms with Crippen molar-refractivity contribution in [3.05, 3.63) is 47.8 Å². The summed E-state index contributed by atoms with van der Waals surface area (Å²) in [6, 6.07) is 9.15. The summed E-state index contributed by atoms with van der Waals surface area (Å²) < 4.78 is 0. The SMILES string of the molecule is CNC1c2ccccc2CCC1Sc1ncc[nH]1. The lowest BCUT2D eigenvalue weighted by atomic mass is 9.87. The van der Waals surface area contributed by atoms with Gasteiger partial charge in [0.25, 0.3) is 0 Å². The number of imidazole rings is 1. The normalized spacial score (nSPS) is 22.7. The van der Waals surface area contributed by atoms with Gasteiger partial charge < -0.3 is 10.3 Å². The molecule has 1 aliphatic carbocycles. The van der Waals surface area contributed by atoms with Gasteiger partial charge in [0.05, 0.1) is 0 Å². The fraction of sp³-hybridized carbons (Fsp3) is 0.357. The van der Waals surface area contributed by atoms with Gasteiger partial charge in [-0.25, -0.2) is 4.98 Å². The summed E-state index contributed by atoms with van der Waals surface area (Å²) in [6.45, 7) is 0. The number of fused-ring (bicyclic) bond motifs is 1. The van der Waals surface area contributed by atoms with Crippen molar-refractivity contribution in [2.24, 2.45) is 0 Å². The molecule has 1 heterocycles. The average molecular weight is 259 g/mol. The molecule has 1 aromatic heterocycles. The second-order valence-electron chi connectivity index (χ2n) is 4.55. The van der Waals surface area contributed by atoms with Crippen LogP contribution in [0.25, 0.3) is 0 Å². The highest BCUT2D eigenvalue weighted by Crippen LogP contribution is 2.38. The lowest BCUT2D eigenvalue weighted by molar-refractivity contribution is 0.510. The van der Waals surface area contributed by atoms with Gasteiger partial charge in [-0.05, 0) is 31.0 Å². The van der Waals surface area contributed by atoms with Gasteiger partial charge in [0.2, 0.25) is 0 Å². The Bertz CT molecular complexity index is 510. The number of rotatable bonds is 3. The molecule has 0 bridgehead atoms. The van der Waals surface area contributed by atoms with Gasteiger partial charge in [-0.3, -0.25) is 0 Å². The van der Waals surface area contributed by atoms with Gasteiger partial charge >= 0.3 is 0 Å². The number of aryl methyl sites for hydroxylation is 1. The Morgan fingerprint density at radius 2 is 2.28 bits per heavy atom. The van der Waals surface area contributed by atoms with E-state index in [0.29, 0.717) is 11.3 Å². The van der Waals surface area contributed by atoms with Crippen LogP contribution in [-0.4, -0.2) is 22.3 Å². The van der Waals surface area contributed by atoms with E-state index in [0.717, 1.165) is 11.6 Å². The van der Waals surface area contributed by atoms with Crippen molar-refractivity contribution >= 4 is 11.8 Å². The van der Waals surface area contributed by atoms with E-state index >= 15 is 0 Å². The van der Waals surface area contributed by atoms with Crippen LogP contribution in [0.4, 0.5) is 0 Å². The molecule has 4 heteroatoms. The van der Waals surface area contributed by atoms with Crippen LogP contribution in [-0.2, 0) is 6.42 Å². The van der Waals surface area contributed by atoms with Crippen LogP contribution < -0.4 is 5.32 Å². The standard InChI is InChI=1S/C14H17N3S/c1-15-13-11-5-3-2-4-10(11)6-7-12(13)18-14-16-8-9-17-14/h2-5,8-9,12-13,15H,6-7H2,1H3,(H,16,17). The predicted molar refractivity (Wildman–Crippen MR) is 74.8 cm³/mol. The maximum Gasteiger partial charge on any atom is 0.165 e. The predicted octanol–water partition coefficient (Wildman–Crippen LogP) is 2.78. The van der Waals surface area contributed by atoms with Gasteiger partial charge in [0, 0.05) is 23.7 Å². The van der Waals surface area contributed by atoms with Crippen molar-refractivity contribution < 1.29 is 0 Å². The Kier molecular flexibility index (Phi) is 3.39. The van der Waals surface area contributed by atoms with Gasteiger partial charge in [-0.15, -0.1) is 0 Å². The first-order valence-electron chi connectivity index (χ1n) is 6.29. The summed E-state index contributed by atoms with van der Waals surface area (Å²) >= 11 is 1.84. The number of nitrogens with zero attached hydrogens (tertiary/aromatic N) is 1. The van der Waals surface area contributed by atoms with E-state index in [-0.39, 0.29) is 0 Å². The van der Waals surface area contributed by atoms with Crippen molar-refractivity contribution in [1.82, 2.24) is 15.3 Å². The third-order valence-electron chi connectivity index (χ3n) is 3.51. The summed E-state index contributed by atoms with van der Waals surface area (Å²) in [5, 5.41) is 5.01. The molecule has 0 radical (unpaired) electrons. The van der Waals surface area contributed by atoms with Crippen LogP contribution in [0.2, 0.25) is 0 Å². The third kappa shape index (κ3) is 2.18. The third-order valence-corrected chi connectivity index (χ3v) is 4.76. The first-order chi connectivity index (χ1) is 8.88. The van der Waals surface area contributed by atoms with Crippen molar-refractivity contribution in [3.8, 4) is 0 Å². The number of hydrogen-bond donors (Lipinski definition) is 2. The molecule has 18 heavy (non-hydrogen) atoms. The van der Waals surface area contributed by atoms with Gasteiger partial charge in [-0.2, -0.15) is 0 Å². The van der Waals surface area contributed by atoms with E-state index in [1.807, 2.05) is 31.2 Å². The van der Waals surface area contributed by atoms with Gasteiger partial charge in [0.15, 0.2) is 5.16 Å². The molecule has 0 amide bonds. The monoisotopic (exact) mass is 259 g/mol. The van der Waals surface area contributed by atoms with E-state index < -0.39 is 0 Å². The maximum atomic E-state index is 4.31. The molecular weight excluding hydrogens is 242 g/mol. The zero-order chi connectivity index (χ0) is 12.4. The van der Waals surface area contributed by atoms with E-state index in [1.54, 1.807) is 0 Å². The number of nitrogens with one attached hydrogen (secondary N) is 2. The number of aromatic nitrogens is 2. The second-order valence-corrected chi connectivity index (χ2v) is 5.78. The zero-order valence-corrected chi connectivity index (χ0v) is 11.2. The molecule has 1 aromatic carbocycles. The molecule has 94 valence electrons. The largest absolute Gasteiger partial charge is 0.340 e. The minimum atomic E-state index is 0.407. The minimum absolute atomic E-state index is 0.407. The fourth-order valence-electron chi connectivity index (χ4n) is 2.66. The summed E-state index contributed by atoms with van der Waals surface area (Å²) in [7, 11) is 2.04. The van der Waals surface area contributed by atoms with E-state index in [9.17, 15) is 0 Å². The Labute approximate surface area is 111 Å². The maximum absolute atomic E-state index is 4.31. The van der Waals surface area contributed by atoms with Crippen molar-refractivity contribution in [1.29, 1.82) is 0 Å². The van der Waals surface area contributed by atoms with Gasteiger partial charge in [0.1, 0.15) is 0 Å². The lowest BCUT2D eigenvalue weighted by Gasteiger charge is -2.32. The molecule has 2 unspecified atom stereocenters. The van der Waals surface area contributed by atoms with Crippen LogP contribution in [0.15, 0.2) is 41.8 Å². The van der Waals surface area contributed by atoms with Crippen molar-refractivity contribution in [2.45, 2.75) is 29.3 Å². The second kappa shape index (κ2) is 5.16. The van der Waals surface area contributed by atoms with Crippen molar-refractivity contribution in [2.75, 3.05) is 7.05 Å². The van der Waals surface area contributed by atoms with Crippen LogP contribution >= 0.6 is 11.8 Å². The molecule has 0 fully saturated rings. The van der Waals surface area contributed by atoms with Crippen LogP contribution in [0.3, 0.4) is 0 Å². The molecule has 0 saturated carbocycles. The molecule has 2 atom stereocenters. The summed E-state index contributed by atoms with van der Waals surface area (Å²) in [5.41, 5.74) is 2.92. The summed E-state index contributed by atoms with van der Waals surface area (Å²) in [6.07, 6.45) is 6.04. The van der Waals surface area contributed by atoms with Crippen molar-refractivity contribution in [3.63, 3.8) is 0 Å². The number of thioether (sulfide) groups is 1. The first-order valence-corrected chi connectivity index (χ1v) is 7.17. The Morgan fingerprint density at radius 3 is 3.06 bits per heavy atom. The van der Waals surface area contributed by atoms with E-state index in [4.69, 9.17) is 0 Å². The molecular formula is C14H17N3S.